The van der Waals surface area contributed by atoms with Gasteiger partial charge in [0.1, 0.15) is 18.3 Å². The largest absolute Gasteiger partial charge is 0.394 e. The summed E-state index contributed by atoms with van der Waals surface area (Å²) in [7, 11) is 1.74. The van der Waals surface area contributed by atoms with Crippen molar-refractivity contribution in [3.05, 3.63) is 6.33 Å². The molecule has 23 heavy (non-hydrogen) atoms. The van der Waals surface area contributed by atoms with E-state index in [4.69, 9.17) is 4.74 Å². The quantitative estimate of drug-likeness (QED) is 0.425. The molecule has 0 saturated carbocycles. The van der Waals surface area contributed by atoms with Crippen molar-refractivity contribution in [2.24, 2.45) is 0 Å². The van der Waals surface area contributed by atoms with Crippen LogP contribution >= 0.6 is 11.8 Å². The van der Waals surface area contributed by atoms with Crippen LogP contribution in [0.5, 0.6) is 0 Å². The molecule has 3 rings (SSSR count). The smallest absolute Gasteiger partial charge is 0.191 e. The maximum absolute atomic E-state index is 10.4. The molecule has 0 amide bonds. The highest BCUT2D eigenvalue weighted by molar-refractivity contribution is 7.98. The average Bonchev–Trinajstić information content (AvgIpc) is 3.09. The molecule has 126 valence electrons. The lowest BCUT2D eigenvalue weighted by Gasteiger charge is -2.29. The van der Waals surface area contributed by atoms with Gasteiger partial charge < -0.3 is 25.4 Å². The number of aromatic nitrogens is 4. The van der Waals surface area contributed by atoms with Crippen LogP contribution in [0.3, 0.4) is 0 Å². The van der Waals surface area contributed by atoms with Gasteiger partial charge in [0.2, 0.25) is 0 Å². The Kier molecular flexibility index (Phi) is 4.19. The minimum absolute atomic E-state index is 0.396. The molecule has 2 aromatic rings. The van der Waals surface area contributed by atoms with Crippen LogP contribution in [0.15, 0.2) is 11.5 Å². The highest BCUT2D eigenvalue weighted by atomic mass is 32.2. The first-order chi connectivity index (χ1) is 11.0. The molecule has 0 aromatic carbocycles. The molecule has 3 heterocycles. The van der Waals surface area contributed by atoms with Crippen molar-refractivity contribution >= 4 is 28.7 Å². The molecule has 0 unspecified atom stereocenters. The third kappa shape index (κ3) is 2.37. The van der Waals surface area contributed by atoms with Crippen molar-refractivity contribution in [2.75, 3.05) is 25.2 Å². The Labute approximate surface area is 136 Å². The number of hydrogen-bond acceptors (Lipinski definition) is 9. The summed E-state index contributed by atoms with van der Waals surface area (Å²) in [6.45, 7) is 1.23. The number of aliphatic hydroxyl groups excluding tert-OH is 3. The van der Waals surface area contributed by atoms with Crippen molar-refractivity contribution in [3.8, 4) is 0 Å². The second-order valence-corrected chi connectivity index (χ2v) is 6.20. The van der Waals surface area contributed by atoms with E-state index in [1.54, 1.807) is 18.5 Å². The number of nitrogens with zero attached hydrogens (tertiary/aromatic N) is 4. The Morgan fingerprint density at radius 2 is 2.17 bits per heavy atom. The van der Waals surface area contributed by atoms with Crippen molar-refractivity contribution in [2.45, 2.75) is 36.1 Å². The van der Waals surface area contributed by atoms with Crippen molar-refractivity contribution in [1.82, 2.24) is 19.5 Å². The Bertz CT molecular complexity index is 726. The van der Waals surface area contributed by atoms with E-state index < -0.39 is 30.6 Å². The predicted molar refractivity (Wildman–Crippen MR) is 84.3 cm³/mol. The number of imidazole rings is 1. The number of fused-ring (bicyclic) bond motifs is 1. The monoisotopic (exact) mass is 341 g/mol. The second-order valence-electron chi connectivity index (χ2n) is 5.42. The second kappa shape index (κ2) is 5.87. The fourth-order valence-electron chi connectivity index (χ4n) is 2.78. The third-order valence-corrected chi connectivity index (χ3v) is 4.64. The van der Waals surface area contributed by atoms with Crippen LogP contribution < -0.4 is 5.32 Å². The molecule has 10 heteroatoms. The van der Waals surface area contributed by atoms with Crippen molar-refractivity contribution < 1.29 is 20.1 Å². The summed E-state index contributed by atoms with van der Waals surface area (Å²) >= 11 is 1.38. The zero-order chi connectivity index (χ0) is 16.8. The molecule has 1 aliphatic rings. The summed E-state index contributed by atoms with van der Waals surface area (Å²) in [5.41, 5.74) is -0.290. The minimum atomic E-state index is -1.30. The number of anilines is 1. The maximum atomic E-state index is 10.4. The molecule has 4 atom stereocenters. The molecule has 4 N–H and O–H groups in total. The van der Waals surface area contributed by atoms with Gasteiger partial charge in [-0.05, 0) is 13.2 Å². The summed E-state index contributed by atoms with van der Waals surface area (Å²) in [5.74, 6) is 0.563. The van der Waals surface area contributed by atoms with Gasteiger partial charge in [0.05, 0.1) is 12.9 Å². The van der Waals surface area contributed by atoms with Gasteiger partial charge in [-0.15, -0.1) is 0 Å². The Balaban J connectivity index is 2.17. The van der Waals surface area contributed by atoms with Gasteiger partial charge in [-0.3, -0.25) is 4.57 Å². The number of ether oxygens (including phenoxy) is 1. The molecule has 0 radical (unpaired) electrons. The zero-order valence-electron chi connectivity index (χ0n) is 13.0. The van der Waals surface area contributed by atoms with E-state index in [0.29, 0.717) is 22.1 Å². The summed E-state index contributed by atoms with van der Waals surface area (Å²) < 4.78 is 7.27. The van der Waals surface area contributed by atoms with E-state index in [2.05, 4.69) is 20.3 Å². The van der Waals surface area contributed by atoms with Crippen LogP contribution in [0.1, 0.15) is 6.92 Å². The van der Waals surface area contributed by atoms with Crippen molar-refractivity contribution in [1.29, 1.82) is 0 Å². The lowest BCUT2D eigenvalue weighted by Crippen LogP contribution is -2.43. The van der Waals surface area contributed by atoms with Gasteiger partial charge in [0.25, 0.3) is 0 Å². The van der Waals surface area contributed by atoms with E-state index in [1.165, 1.54) is 18.1 Å². The summed E-state index contributed by atoms with van der Waals surface area (Å²) in [6.07, 6.45) is 0.0316. The van der Waals surface area contributed by atoms with Crippen molar-refractivity contribution in [3.63, 3.8) is 0 Å². The fourth-order valence-corrected chi connectivity index (χ4v) is 3.14. The zero-order valence-corrected chi connectivity index (χ0v) is 13.8. The van der Waals surface area contributed by atoms with E-state index in [0.717, 1.165) is 0 Å². The molecule has 9 nitrogen and oxygen atoms in total. The topological polar surface area (TPSA) is 126 Å². The van der Waals surface area contributed by atoms with E-state index in [-0.39, 0.29) is 0 Å². The summed E-state index contributed by atoms with van der Waals surface area (Å²) in [6, 6.07) is 0. The van der Waals surface area contributed by atoms with Crippen LogP contribution in [-0.4, -0.2) is 73.1 Å². The van der Waals surface area contributed by atoms with Gasteiger partial charge in [0.15, 0.2) is 27.9 Å². The molecule has 0 aliphatic carbocycles. The maximum Gasteiger partial charge on any atom is 0.191 e. The molecular formula is C13H19N5O4S. The van der Waals surface area contributed by atoms with Crippen LogP contribution in [0, 0.1) is 0 Å². The number of rotatable bonds is 4. The van der Waals surface area contributed by atoms with Crippen LogP contribution in [0.25, 0.3) is 11.2 Å². The lowest BCUT2D eigenvalue weighted by molar-refractivity contribution is -0.132. The molecular weight excluding hydrogens is 322 g/mol. The minimum Gasteiger partial charge on any atom is -0.394 e. The van der Waals surface area contributed by atoms with Gasteiger partial charge in [-0.2, -0.15) is 0 Å². The Morgan fingerprint density at radius 1 is 1.43 bits per heavy atom. The first kappa shape index (κ1) is 16.4. The standard InChI is InChI=1S/C13H19N5O4S/c1-13(9(21)8(20)6(4-19)22-13)18-5-15-7-10(14-2)16-12(23-3)17-11(7)18/h5-6,8-9,19-21H,4H2,1-3H3,(H,14,16,17)/t6-,8-,9-,13-/m1/s1. The summed E-state index contributed by atoms with van der Waals surface area (Å²) in [4.78, 5) is 13.1. The highest BCUT2D eigenvalue weighted by Gasteiger charge is 2.53. The molecule has 0 spiro atoms. The van der Waals surface area contributed by atoms with Crippen LogP contribution in [0.4, 0.5) is 5.82 Å². The number of nitrogens with one attached hydrogen (secondary N) is 1. The molecule has 1 fully saturated rings. The first-order valence-electron chi connectivity index (χ1n) is 7.08. The molecule has 1 aliphatic heterocycles. The Hall–Kier alpha value is -1.46. The van der Waals surface area contributed by atoms with Gasteiger partial charge in [0, 0.05) is 7.05 Å². The van der Waals surface area contributed by atoms with Crippen LogP contribution in [0.2, 0.25) is 0 Å². The molecule has 0 bridgehead atoms. The fraction of sp³-hybridized carbons (Fsp3) is 0.615. The number of aliphatic hydroxyl groups is 3. The number of hydrogen-bond donors (Lipinski definition) is 4. The predicted octanol–water partition coefficient (Wildman–Crippen LogP) is -0.625. The number of thioether (sulfide) groups is 1. The third-order valence-electron chi connectivity index (χ3n) is 4.10. The highest BCUT2D eigenvalue weighted by Crippen LogP contribution is 2.37. The summed E-state index contributed by atoms with van der Waals surface area (Å²) in [5, 5.41) is 33.3. The van der Waals surface area contributed by atoms with E-state index in [1.807, 2.05) is 6.26 Å². The first-order valence-corrected chi connectivity index (χ1v) is 8.30. The Morgan fingerprint density at radius 3 is 2.74 bits per heavy atom. The van der Waals surface area contributed by atoms with Crippen LogP contribution in [-0.2, 0) is 10.5 Å². The van der Waals surface area contributed by atoms with E-state index in [9.17, 15) is 15.3 Å². The SMILES string of the molecule is CNc1nc(SC)nc2c1ncn2[C@]1(C)O[C@H](CO)[C@@H](O)[C@H]1O. The van der Waals surface area contributed by atoms with E-state index >= 15 is 0 Å². The van der Waals surface area contributed by atoms with Gasteiger partial charge >= 0.3 is 0 Å². The lowest BCUT2D eigenvalue weighted by atomic mass is 10.0. The molecule has 2 aromatic heterocycles. The molecule has 1 saturated heterocycles. The van der Waals surface area contributed by atoms with Gasteiger partial charge in [-0.25, -0.2) is 15.0 Å². The average molecular weight is 341 g/mol. The van der Waals surface area contributed by atoms with Gasteiger partial charge in [-0.1, -0.05) is 11.8 Å². The normalized spacial score (nSPS) is 31.0.